The summed E-state index contributed by atoms with van der Waals surface area (Å²) >= 11 is 5.93. The predicted octanol–water partition coefficient (Wildman–Crippen LogP) is 2.86. The monoisotopic (exact) mass is 454 g/mol. The molecule has 9 nitrogen and oxygen atoms in total. The quantitative estimate of drug-likeness (QED) is 0.436. The van der Waals surface area contributed by atoms with Crippen LogP contribution < -0.4 is 11.2 Å². The molecule has 0 saturated carbocycles. The fourth-order valence-corrected chi connectivity index (χ4v) is 3.58. The molecule has 0 N–H and O–H groups in total. The number of fused-ring (bicyclic) bond motifs is 1. The number of pyridine rings is 1. The number of carbonyl (C=O) groups excluding carboxylic acids is 1. The van der Waals surface area contributed by atoms with Crippen LogP contribution in [0.3, 0.4) is 0 Å². The van der Waals surface area contributed by atoms with E-state index in [4.69, 9.17) is 20.8 Å². The van der Waals surface area contributed by atoms with Crippen LogP contribution in [-0.2, 0) is 18.3 Å². The van der Waals surface area contributed by atoms with E-state index >= 15 is 0 Å². The van der Waals surface area contributed by atoms with Crippen LogP contribution in [0.15, 0.2) is 44.3 Å². The molecule has 0 aliphatic rings. The number of hydrogen-bond donors (Lipinski definition) is 0. The molecule has 0 radical (unpaired) electrons. The summed E-state index contributed by atoms with van der Waals surface area (Å²) in [5, 5.41) is 0.581. The average Bonchev–Trinajstić information content (AvgIpc) is 3.14. The van der Waals surface area contributed by atoms with E-state index < -0.39 is 17.2 Å². The van der Waals surface area contributed by atoms with Crippen LogP contribution in [0.25, 0.3) is 22.5 Å². The van der Waals surface area contributed by atoms with Crippen LogP contribution >= 0.6 is 11.6 Å². The molecule has 10 heteroatoms. The molecule has 4 aromatic rings. The largest absolute Gasteiger partial charge is 0.465 e. The lowest BCUT2D eigenvalue weighted by Gasteiger charge is -2.12. The SMILES string of the molecule is COC(=O)c1cc(C)nc2c1c(=O)n(Cc1nc(-c3ccc(Cl)cc3)oc1C)c(=O)n2C. The number of halogens is 1. The van der Waals surface area contributed by atoms with Gasteiger partial charge in [0, 0.05) is 23.3 Å². The van der Waals surface area contributed by atoms with E-state index in [0.717, 1.165) is 4.57 Å². The Balaban J connectivity index is 1.88. The fraction of sp³-hybridized carbons (Fsp3) is 0.227. The van der Waals surface area contributed by atoms with E-state index in [1.165, 1.54) is 24.8 Å². The molecule has 0 atom stereocenters. The van der Waals surface area contributed by atoms with Gasteiger partial charge < -0.3 is 9.15 Å². The van der Waals surface area contributed by atoms with Crippen LogP contribution in [0.1, 0.15) is 27.5 Å². The second kappa shape index (κ2) is 8.08. The summed E-state index contributed by atoms with van der Waals surface area (Å²) in [4.78, 5) is 47.4. The van der Waals surface area contributed by atoms with E-state index in [9.17, 15) is 14.4 Å². The summed E-state index contributed by atoms with van der Waals surface area (Å²) in [5.74, 6) is 0.108. The lowest BCUT2D eigenvalue weighted by atomic mass is 10.1. The lowest BCUT2D eigenvalue weighted by molar-refractivity contribution is 0.0602. The molecule has 0 bridgehead atoms. The van der Waals surface area contributed by atoms with Gasteiger partial charge in [0.1, 0.15) is 17.1 Å². The molecule has 0 amide bonds. The molecular formula is C22H19ClN4O5. The number of benzene rings is 1. The maximum Gasteiger partial charge on any atom is 0.338 e. The third-order valence-corrected chi connectivity index (χ3v) is 5.37. The maximum atomic E-state index is 13.3. The topological polar surface area (TPSA) is 109 Å². The minimum atomic E-state index is -0.689. The fourth-order valence-electron chi connectivity index (χ4n) is 3.45. The first kappa shape index (κ1) is 21.5. The van der Waals surface area contributed by atoms with Crippen molar-refractivity contribution in [2.24, 2.45) is 7.05 Å². The highest BCUT2D eigenvalue weighted by Crippen LogP contribution is 2.23. The van der Waals surface area contributed by atoms with Gasteiger partial charge in [0.15, 0.2) is 0 Å². The van der Waals surface area contributed by atoms with Gasteiger partial charge in [-0.25, -0.2) is 19.6 Å². The van der Waals surface area contributed by atoms with Crippen molar-refractivity contribution in [3.63, 3.8) is 0 Å². The molecule has 0 aliphatic heterocycles. The Morgan fingerprint density at radius 1 is 1.16 bits per heavy atom. The molecule has 3 aromatic heterocycles. The van der Waals surface area contributed by atoms with Crippen LogP contribution in [-0.4, -0.2) is 32.2 Å². The molecule has 4 rings (SSSR count). The Morgan fingerprint density at radius 3 is 2.50 bits per heavy atom. The molecule has 3 heterocycles. The van der Waals surface area contributed by atoms with Crippen molar-refractivity contribution in [1.82, 2.24) is 19.1 Å². The molecule has 1 aromatic carbocycles. The first-order valence-electron chi connectivity index (χ1n) is 9.63. The number of ether oxygens (including phenoxy) is 1. The van der Waals surface area contributed by atoms with Crippen molar-refractivity contribution in [3.8, 4) is 11.5 Å². The zero-order valence-corrected chi connectivity index (χ0v) is 18.6. The second-order valence-corrected chi connectivity index (χ2v) is 7.70. The summed E-state index contributed by atoms with van der Waals surface area (Å²) < 4.78 is 12.8. The number of rotatable bonds is 4. The van der Waals surface area contributed by atoms with Crippen molar-refractivity contribution in [1.29, 1.82) is 0 Å². The van der Waals surface area contributed by atoms with Crippen LogP contribution in [0.2, 0.25) is 5.02 Å². The highest BCUT2D eigenvalue weighted by atomic mass is 35.5. The van der Waals surface area contributed by atoms with E-state index in [0.29, 0.717) is 33.6 Å². The molecule has 0 saturated heterocycles. The average molecular weight is 455 g/mol. The summed E-state index contributed by atoms with van der Waals surface area (Å²) in [7, 11) is 2.71. The zero-order valence-electron chi connectivity index (χ0n) is 17.8. The summed E-state index contributed by atoms with van der Waals surface area (Å²) in [5.41, 5.74) is 0.491. The summed E-state index contributed by atoms with van der Waals surface area (Å²) in [6, 6.07) is 8.40. The van der Waals surface area contributed by atoms with Crippen molar-refractivity contribution in [3.05, 3.63) is 78.9 Å². The second-order valence-electron chi connectivity index (χ2n) is 7.26. The van der Waals surface area contributed by atoms with Gasteiger partial charge in [0.25, 0.3) is 5.56 Å². The first-order chi connectivity index (χ1) is 15.2. The minimum Gasteiger partial charge on any atom is -0.465 e. The van der Waals surface area contributed by atoms with Gasteiger partial charge in [0.2, 0.25) is 5.89 Å². The smallest absolute Gasteiger partial charge is 0.338 e. The Morgan fingerprint density at radius 2 is 1.84 bits per heavy atom. The van der Waals surface area contributed by atoms with Crippen LogP contribution in [0.4, 0.5) is 0 Å². The number of aromatic nitrogens is 4. The van der Waals surface area contributed by atoms with Crippen LogP contribution in [0.5, 0.6) is 0 Å². The highest BCUT2D eigenvalue weighted by Gasteiger charge is 2.22. The number of nitrogens with zero attached hydrogens (tertiary/aromatic N) is 4. The van der Waals surface area contributed by atoms with Gasteiger partial charge in [-0.15, -0.1) is 0 Å². The van der Waals surface area contributed by atoms with Gasteiger partial charge in [-0.2, -0.15) is 0 Å². The van der Waals surface area contributed by atoms with E-state index in [-0.39, 0.29) is 23.1 Å². The Kier molecular flexibility index (Phi) is 5.43. The molecule has 32 heavy (non-hydrogen) atoms. The van der Waals surface area contributed by atoms with E-state index in [1.54, 1.807) is 38.1 Å². The van der Waals surface area contributed by atoms with Crippen LogP contribution in [0, 0.1) is 13.8 Å². The lowest BCUT2D eigenvalue weighted by Crippen LogP contribution is -2.40. The Bertz CT molecular complexity index is 1480. The number of carbonyl (C=O) groups is 1. The standard InChI is InChI=1S/C22H19ClN4O5/c1-11-9-15(21(29)31-4)17-18(24-11)26(3)22(30)27(20(17)28)10-16-12(2)32-19(25-16)13-5-7-14(23)8-6-13/h5-9H,10H2,1-4H3. The molecule has 0 aliphatic carbocycles. The van der Waals surface area contributed by atoms with Gasteiger partial charge in [-0.3, -0.25) is 13.9 Å². The molecular weight excluding hydrogens is 436 g/mol. The third kappa shape index (κ3) is 3.60. The molecule has 0 unspecified atom stereocenters. The van der Waals surface area contributed by atoms with Gasteiger partial charge >= 0.3 is 11.7 Å². The van der Waals surface area contributed by atoms with Crippen molar-refractivity contribution in [2.75, 3.05) is 7.11 Å². The molecule has 0 fully saturated rings. The summed E-state index contributed by atoms with van der Waals surface area (Å²) in [6.45, 7) is 3.22. The Hall–Kier alpha value is -3.72. The highest BCUT2D eigenvalue weighted by molar-refractivity contribution is 6.30. The van der Waals surface area contributed by atoms with E-state index in [1.807, 2.05) is 0 Å². The van der Waals surface area contributed by atoms with Gasteiger partial charge in [-0.05, 0) is 44.2 Å². The van der Waals surface area contributed by atoms with Crippen molar-refractivity contribution < 1.29 is 13.9 Å². The van der Waals surface area contributed by atoms with Gasteiger partial charge in [0.05, 0.1) is 24.6 Å². The maximum absolute atomic E-state index is 13.3. The zero-order chi connectivity index (χ0) is 23.2. The van der Waals surface area contributed by atoms with Crippen molar-refractivity contribution in [2.45, 2.75) is 20.4 Å². The first-order valence-corrected chi connectivity index (χ1v) is 10.0. The number of hydrogen-bond acceptors (Lipinski definition) is 7. The van der Waals surface area contributed by atoms with Gasteiger partial charge in [-0.1, -0.05) is 11.6 Å². The number of oxazole rings is 1. The minimum absolute atomic E-state index is 0.00335. The number of methoxy groups -OCH3 is 1. The third-order valence-electron chi connectivity index (χ3n) is 5.12. The van der Waals surface area contributed by atoms with E-state index in [2.05, 4.69) is 9.97 Å². The molecule has 164 valence electrons. The van der Waals surface area contributed by atoms with Crippen molar-refractivity contribution >= 4 is 28.6 Å². The predicted molar refractivity (Wildman–Crippen MR) is 118 cm³/mol. The summed E-state index contributed by atoms with van der Waals surface area (Å²) in [6.07, 6.45) is 0. The number of aryl methyl sites for hydroxylation is 3. The normalized spacial score (nSPS) is 11.2. The molecule has 0 spiro atoms. The number of esters is 1. The Labute approximate surface area is 186 Å².